The van der Waals surface area contributed by atoms with E-state index >= 15 is 0 Å². The number of carbonyl (C=O) groups excluding carboxylic acids is 1. The summed E-state index contributed by atoms with van der Waals surface area (Å²) in [6.45, 7) is 0.0159. The van der Waals surface area contributed by atoms with Crippen molar-refractivity contribution in [2.24, 2.45) is 11.8 Å². The van der Waals surface area contributed by atoms with Crippen molar-refractivity contribution in [1.82, 2.24) is 10.6 Å². The van der Waals surface area contributed by atoms with Gasteiger partial charge in [0, 0.05) is 25.2 Å². The summed E-state index contributed by atoms with van der Waals surface area (Å²) < 4.78 is 44.7. The van der Waals surface area contributed by atoms with Gasteiger partial charge in [-0.2, -0.15) is 13.2 Å². The van der Waals surface area contributed by atoms with Crippen LogP contribution in [0.25, 0.3) is 0 Å². The van der Waals surface area contributed by atoms with Crippen molar-refractivity contribution in [3.8, 4) is 5.75 Å². The first-order valence-corrected chi connectivity index (χ1v) is 8.25. The number of halogens is 4. The molecule has 2 aliphatic rings. The number of ether oxygens (including phenoxy) is 1. The fourth-order valence-corrected chi connectivity index (χ4v) is 3.04. The Labute approximate surface area is 150 Å². The van der Waals surface area contributed by atoms with E-state index in [0.717, 1.165) is 24.8 Å². The van der Waals surface area contributed by atoms with Crippen LogP contribution in [0.2, 0.25) is 0 Å². The Bertz CT molecular complexity index is 594. The van der Waals surface area contributed by atoms with Crippen LogP contribution < -0.4 is 15.4 Å². The Hall–Kier alpha value is -1.47. The third-order valence-electron chi connectivity index (χ3n) is 4.74. The molecule has 1 saturated heterocycles. The molecule has 1 aromatic rings. The van der Waals surface area contributed by atoms with Gasteiger partial charge in [0.1, 0.15) is 5.75 Å². The number of amides is 1. The SMILES string of the molecule is Cl.O=C(NCc1ccccc1OC1CCC1)[C@@H]1CNC[C@H]1C(F)(F)F. The summed E-state index contributed by atoms with van der Waals surface area (Å²) in [5, 5.41) is 5.29. The monoisotopic (exact) mass is 378 g/mol. The Balaban J connectivity index is 0.00000225. The number of para-hydroxylation sites is 1. The fourth-order valence-electron chi connectivity index (χ4n) is 3.04. The standard InChI is InChI=1S/C17H21F3N2O2.ClH/c18-17(19,20)14-10-21-9-13(14)16(23)22-8-11-4-1-2-7-15(11)24-12-5-3-6-12;/h1-2,4,7,12-14,21H,3,5-6,8-10H2,(H,22,23);1H/t13-,14-;/m1./s1. The summed E-state index contributed by atoms with van der Waals surface area (Å²) in [6.07, 6.45) is -0.979. The number of hydrogen-bond donors (Lipinski definition) is 2. The number of carbonyl (C=O) groups is 1. The van der Waals surface area contributed by atoms with E-state index in [4.69, 9.17) is 4.74 Å². The highest BCUT2D eigenvalue weighted by atomic mass is 35.5. The molecule has 25 heavy (non-hydrogen) atoms. The predicted octanol–water partition coefficient (Wildman–Crippen LogP) is 3.05. The lowest BCUT2D eigenvalue weighted by Gasteiger charge is -2.27. The minimum atomic E-state index is -4.36. The Kier molecular flexibility index (Phi) is 6.57. The van der Waals surface area contributed by atoms with Gasteiger partial charge in [0.25, 0.3) is 0 Å². The van der Waals surface area contributed by atoms with E-state index in [0.29, 0.717) is 5.75 Å². The molecule has 0 aromatic heterocycles. The number of hydrogen-bond acceptors (Lipinski definition) is 3. The van der Waals surface area contributed by atoms with Crippen LogP contribution in [0.15, 0.2) is 24.3 Å². The first-order valence-electron chi connectivity index (χ1n) is 8.25. The summed E-state index contributed by atoms with van der Waals surface area (Å²) in [4.78, 5) is 12.2. The average Bonchev–Trinajstić information content (AvgIpc) is 2.99. The van der Waals surface area contributed by atoms with E-state index in [1.165, 1.54) is 0 Å². The van der Waals surface area contributed by atoms with Crippen molar-refractivity contribution < 1.29 is 22.7 Å². The lowest BCUT2D eigenvalue weighted by Crippen LogP contribution is -2.40. The van der Waals surface area contributed by atoms with Gasteiger partial charge < -0.3 is 15.4 Å². The van der Waals surface area contributed by atoms with Gasteiger partial charge in [0.2, 0.25) is 5.91 Å². The minimum Gasteiger partial charge on any atom is -0.490 e. The molecule has 0 unspecified atom stereocenters. The molecular weight excluding hydrogens is 357 g/mol. The van der Waals surface area contributed by atoms with Crippen LogP contribution in [0.5, 0.6) is 5.75 Å². The van der Waals surface area contributed by atoms with Crippen LogP contribution in [0.4, 0.5) is 13.2 Å². The van der Waals surface area contributed by atoms with Gasteiger partial charge in [0.15, 0.2) is 0 Å². The van der Waals surface area contributed by atoms with Crippen molar-refractivity contribution in [2.75, 3.05) is 13.1 Å². The van der Waals surface area contributed by atoms with Crippen LogP contribution in [0.3, 0.4) is 0 Å². The molecule has 0 radical (unpaired) electrons. The van der Waals surface area contributed by atoms with Gasteiger partial charge in [-0.05, 0) is 25.3 Å². The molecule has 1 amide bonds. The van der Waals surface area contributed by atoms with E-state index in [1.54, 1.807) is 0 Å². The number of benzene rings is 1. The van der Waals surface area contributed by atoms with Gasteiger partial charge in [-0.3, -0.25) is 4.79 Å². The van der Waals surface area contributed by atoms with Gasteiger partial charge >= 0.3 is 6.18 Å². The molecule has 3 rings (SSSR count). The zero-order valence-electron chi connectivity index (χ0n) is 13.6. The van der Waals surface area contributed by atoms with Gasteiger partial charge in [0.05, 0.1) is 17.9 Å². The Morgan fingerprint density at radius 2 is 1.96 bits per heavy atom. The van der Waals surface area contributed by atoms with Gasteiger partial charge in [-0.1, -0.05) is 18.2 Å². The highest BCUT2D eigenvalue weighted by Gasteiger charge is 2.49. The normalized spacial score (nSPS) is 23.5. The quantitative estimate of drug-likeness (QED) is 0.828. The average molecular weight is 379 g/mol. The van der Waals surface area contributed by atoms with Crippen LogP contribution in [0, 0.1) is 11.8 Å². The molecule has 2 atom stereocenters. The van der Waals surface area contributed by atoms with Crippen molar-refractivity contribution >= 4 is 18.3 Å². The Morgan fingerprint density at radius 1 is 1.24 bits per heavy atom. The lowest BCUT2D eigenvalue weighted by atomic mass is 9.94. The first-order chi connectivity index (χ1) is 11.4. The smallest absolute Gasteiger partial charge is 0.393 e. The minimum absolute atomic E-state index is 0. The summed E-state index contributed by atoms with van der Waals surface area (Å²) >= 11 is 0. The maximum atomic E-state index is 12.9. The van der Waals surface area contributed by atoms with Crippen LogP contribution in [-0.2, 0) is 11.3 Å². The molecular formula is C17H22ClF3N2O2. The second-order valence-corrected chi connectivity index (χ2v) is 6.41. The molecule has 2 N–H and O–H groups in total. The summed E-state index contributed by atoms with van der Waals surface area (Å²) in [5.41, 5.74) is 0.785. The van der Waals surface area contributed by atoms with Crippen molar-refractivity contribution in [3.05, 3.63) is 29.8 Å². The zero-order chi connectivity index (χ0) is 17.2. The molecule has 0 bridgehead atoms. The maximum Gasteiger partial charge on any atom is 0.393 e. The summed E-state index contributed by atoms with van der Waals surface area (Å²) in [5.74, 6) is -2.58. The molecule has 1 aromatic carbocycles. The number of nitrogens with one attached hydrogen (secondary N) is 2. The molecule has 1 heterocycles. The van der Waals surface area contributed by atoms with E-state index in [1.807, 2.05) is 24.3 Å². The zero-order valence-corrected chi connectivity index (χ0v) is 14.5. The fraction of sp³-hybridized carbons (Fsp3) is 0.588. The van der Waals surface area contributed by atoms with E-state index in [9.17, 15) is 18.0 Å². The van der Waals surface area contributed by atoms with Crippen molar-refractivity contribution in [2.45, 2.75) is 38.1 Å². The second-order valence-electron chi connectivity index (χ2n) is 6.41. The lowest BCUT2D eigenvalue weighted by molar-refractivity contribution is -0.182. The number of alkyl halides is 3. The first kappa shape index (κ1) is 19.8. The summed E-state index contributed by atoms with van der Waals surface area (Å²) in [6, 6.07) is 7.32. The van der Waals surface area contributed by atoms with Crippen LogP contribution in [-0.4, -0.2) is 31.3 Å². The molecule has 140 valence electrons. The molecule has 1 saturated carbocycles. The van der Waals surface area contributed by atoms with Gasteiger partial charge in [-0.15, -0.1) is 12.4 Å². The Morgan fingerprint density at radius 3 is 2.60 bits per heavy atom. The van der Waals surface area contributed by atoms with Crippen LogP contribution in [0.1, 0.15) is 24.8 Å². The topological polar surface area (TPSA) is 50.4 Å². The molecule has 0 spiro atoms. The van der Waals surface area contributed by atoms with Crippen LogP contribution >= 0.6 is 12.4 Å². The summed E-state index contributed by atoms with van der Waals surface area (Å²) in [7, 11) is 0. The second kappa shape index (κ2) is 8.27. The third-order valence-corrected chi connectivity index (χ3v) is 4.74. The molecule has 1 aliphatic carbocycles. The van der Waals surface area contributed by atoms with E-state index < -0.39 is 23.9 Å². The third kappa shape index (κ3) is 4.79. The van der Waals surface area contributed by atoms with Gasteiger partial charge in [-0.25, -0.2) is 0 Å². The van der Waals surface area contributed by atoms with Crippen molar-refractivity contribution in [3.63, 3.8) is 0 Å². The number of rotatable bonds is 5. The highest BCUT2D eigenvalue weighted by molar-refractivity contribution is 5.85. The predicted molar refractivity (Wildman–Crippen MR) is 89.7 cm³/mol. The molecule has 2 fully saturated rings. The largest absolute Gasteiger partial charge is 0.490 e. The van der Waals surface area contributed by atoms with E-state index in [2.05, 4.69) is 10.6 Å². The van der Waals surface area contributed by atoms with Crippen molar-refractivity contribution in [1.29, 1.82) is 0 Å². The maximum absolute atomic E-state index is 12.9. The van der Waals surface area contributed by atoms with E-state index in [-0.39, 0.29) is 38.1 Å². The molecule has 4 nitrogen and oxygen atoms in total. The molecule has 8 heteroatoms. The highest BCUT2D eigenvalue weighted by Crippen LogP contribution is 2.34. The molecule has 1 aliphatic heterocycles.